The zero-order valence-electron chi connectivity index (χ0n) is 13.9. The third-order valence-corrected chi connectivity index (χ3v) is 4.73. The standard InChI is InChI=1S/C17H22N4O3/c1-17(2)15(23)21(16(24)19-17)8-7-20-10-12-6-4-3-5-11(12)9-13(20)14(18)22/h3-6,13H,7-10H2,1-2H3,(H2,18,22)(H,19,24)/t13-/m0/s1. The molecule has 2 aliphatic rings. The zero-order valence-corrected chi connectivity index (χ0v) is 13.9. The van der Waals surface area contributed by atoms with Crippen LogP contribution >= 0.6 is 0 Å². The summed E-state index contributed by atoms with van der Waals surface area (Å²) < 4.78 is 0. The van der Waals surface area contributed by atoms with E-state index < -0.39 is 17.6 Å². The van der Waals surface area contributed by atoms with E-state index >= 15 is 0 Å². The number of benzene rings is 1. The maximum Gasteiger partial charge on any atom is 0.325 e. The minimum Gasteiger partial charge on any atom is -0.368 e. The molecule has 3 rings (SSSR count). The topological polar surface area (TPSA) is 95.7 Å². The van der Waals surface area contributed by atoms with E-state index in [-0.39, 0.29) is 18.4 Å². The Morgan fingerprint density at radius 3 is 2.50 bits per heavy atom. The Morgan fingerprint density at radius 1 is 1.25 bits per heavy atom. The number of carbonyl (C=O) groups excluding carboxylic acids is 3. The van der Waals surface area contributed by atoms with E-state index in [0.717, 1.165) is 11.1 Å². The number of carbonyl (C=O) groups is 3. The minimum absolute atomic E-state index is 0.236. The fourth-order valence-corrected chi connectivity index (χ4v) is 3.34. The summed E-state index contributed by atoms with van der Waals surface area (Å²) in [5.41, 5.74) is 6.94. The number of nitrogens with one attached hydrogen (secondary N) is 1. The third kappa shape index (κ3) is 2.87. The third-order valence-electron chi connectivity index (χ3n) is 4.73. The van der Waals surface area contributed by atoms with Gasteiger partial charge < -0.3 is 11.1 Å². The summed E-state index contributed by atoms with van der Waals surface area (Å²) in [7, 11) is 0. The molecule has 7 heteroatoms. The van der Waals surface area contributed by atoms with Gasteiger partial charge in [0.25, 0.3) is 5.91 Å². The predicted molar refractivity (Wildman–Crippen MR) is 87.9 cm³/mol. The van der Waals surface area contributed by atoms with Crippen LogP contribution in [0.25, 0.3) is 0 Å². The van der Waals surface area contributed by atoms with Gasteiger partial charge >= 0.3 is 6.03 Å². The van der Waals surface area contributed by atoms with Crippen LogP contribution in [0.3, 0.4) is 0 Å². The number of hydrogen-bond acceptors (Lipinski definition) is 4. The number of hydrogen-bond donors (Lipinski definition) is 2. The molecule has 0 aliphatic carbocycles. The Morgan fingerprint density at radius 2 is 1.92 bits per heavy atom. The first-order valence-corrected chi connectivity index (χ1v) is 8.04. The molecular weight excluding hydrogens is 308 g/mol. The first kappa shape index (κ1) is 16.4. The largest absolute Gasteiger partial charge is 0.368 e. The van der Waals surface area contributed by atoms with Crippen molar-refractivity contribution in [2.45, 2.75) is 38.4 Å². The summed E-state index contributed by atoms with van der Waals surface area (Å²) >= 11 is 0. The normalized spacial score (nSPS) is 23.1. The smallest absolute Gasteiger partial charge is 0.325 e. The molecule has 1 aromatic rings. The van der Waals surface area contributed by atoms with Gasteiger partial charge in [0, 0.05) is 19.6 Å². The highest BCUT2D eigenvalue weighted by molar-refractivity contribution is 6.06. The molecule has 128 valence electrons. The molecule has 2 heterocycles. The molecule has 0 spiro atoms. The van der Waals surface area contributed by atoms with E-state index in [1.54, 1.807) is 13.8 Å². The molecule has 0 bridgehead atoms. The lowest BCUT2D eigenvalue weighted by Crippen LogP contribution is -2.51. The second-order valence-corrected chi connectivity index (χ2v) is 6.87. The average molecular weight is 330 g/mol. The lowest BCUT2D eigenvalue weighted by atomic mass is 9.93. The van der Waals surface area contributed by atoms with E-state index in [1.165, 1.54) is 4.90 Å². The molecule has 1 atom stereocenters. The number of nitrogens with zero attached hydrogens (tertiary/aromatic N) is 2. The van der Waals surface area contributed by atoms with Crippen LogP contribution in [0.4, 0.5) is 4.79 Å². The molecule has 3 N–H and O–H groups in total. The quantitative estimate of drug-likeness (QED) is 0.773. The van der Waals surface area contributed by atoms with Crippen LogP contribution in [-0.2, 0) is 22.6 Å². The van der Waals surface area contributed by atoms with Crippen LogP contribution in [0.2, 0.25) is 0 Å². The summed E-state index contributed by atoms with van der Waals surface area (Å²) in [6.07, 6.45) is 0.553. The molecule has 7 nitrogen and oxygen atoms in total. The van der Waals surface area contributed by atoms with Crippen LogP contribution in [0.5, 0.6) is 0 Å². The van der Waals surface area contributed by atoms with Gasteiger partial charge in [0.05, 0.1) is 6.04 Å². The molecule has 0 saturated carbocycles. The minimum atomic E-state index is -0.880. The van der Waals surface area contributed by atoms with Gasteiger partial charge in [-0.1, -0.05) is 24.3 Å². The van der Waals surface area contributed by atoms with Gasteiger partial charge in [-0.25, -0.2) is 4.79 Å². The van der Waals surface area contributed by atoms with E-state index in [2.05, 4.69) is 5.32 Å². The summed E-state index contributed by atoms with van der Waals surface area (Å²) in [4.78, 5) is 39.2. The fourth-order valence-electron chi connectivity index (χ4n) is 3.34. The Bertz CT molecular complexity index is 701. The molecule has 0 aromatic heterocycles. The van der Waals surface area contributed by atoms with Crippen molar-refractivity contribution in [1.29, 1.82) is 0 Å². The van der Waals surface area contributed by atoms with E-state index in [1.807, 2.05) is 29.2 Å². The average Bonchev–Trinajstić information content (AvgIpc) is 2.72. The highest BCUT2D eigenvalue weighted by atomic mass is 16.2. The van der Waals surface area contributed by atoms with Gasteiger partial charge in [-0.05, 0) is 31.4 Å². The highest BCUT2D eigenvalue weighted by Gasteiger charge is 2.44. The maximum absolute atomic E-state index is 12.3. The number of rotatable bonds is 4. The second-order valence-electron chi connectivity index (χ2n) is 6.87. The predicted octanol–water partition coefficient (Wildman–Crippen LogP) is 0.229. The van der Waals surface area contributed by atoms with Crippen LogP contribution in [-0.4, -0.2) is 52.3 Å². The van der Waals surface area contributed by atoms with Crippen LogP contribution in [0, 0.1) is 0 Å². The lowest BCUT2D eigenvalue weighted by Gasteiger charge is -2.35. The summed E-state index contributed by atoms with van der Waals surface area (Å²) in [6.45, 7) is 4.58. The van der Waals surface area contributed by atoms with Gasteiger partial charge in [0.15, 0.2) is 0 Å². The van der Waals surface area contributed by atoms with E-state index in [4.69, 9.17) is 5.73 Å². The number of imide groups is 1. The zero-order chi connectivity index (χ0) is 17.5. The summed E-state index contributed by atoms with van der Waals surface area (Å²) in [5, 5.41) is 2.66. The molecule has 24 heavy (non-hydrogen) atoms. The van der Waals surface area contributed by atoms with E-state index in [9.17, 15) is 14.4 Å². The van der Waals surface area contributed by atoms with Crippen molar-refractivity contribution < 1.29 is 14.4 Å². The van der Waals surface area contributed by atoms with Crippen molar-refractivity contribution in [1.82, 2.24) is 15.1 Å². The van der Waals surface area contributed by atoms with Crippen molar-refractivity contribution in [3.05, 3.63) is 35.4 Å². The monoisotopic (exact) mass is 330 g/mol. The van der Waals surface area contributed by atoms with Crippen LogP contribution in [0.1, 0.15) is 25.0 Å². The Kier molecular flexibility index (Phi) is 4.04. The van der Waals surface area contributed by atoms with Gasteiger partial charge in [0.2, 0.25) is 5.91 Å². The molecule has 1 fully saturated rings. The van der Waals surface area contributed by atoms with Crippen LogP contribution < -0.4 is 11.1 Å². The van der Waals surface area contributed by atoms with Crippen molar-refractivity contribution in [3.8, 4) is 0 Å². The first-order valence-electron chi connectivity index (χ1n) is 8.04. The number of fused-ring (bicyclic) bond motifs is 1. The number of primary amides is 1. The molecular formula is C17H22N4O3. The van der Waals surface area contributed by atoms with Crippen molar-refractivity contribution >= 4 is 17.8 Å². The lowest BCUT2D eigenvalue weighted by molar-refractivity contribution is -0.130. The maximum atomic E-state index is 12.3. The summed E-state index contributed by atoms with van der Waals surface area (Å²) in [5.74, 6) is -0.637. The van der Waals surface area contributed by atoms with Crippen molar-refractivity contribution in [3.63, 3.8) is 0 Å². The first-order chi connectivity index (χ1) is 11.3. The van der Waals surface area contributed by atoms with Gasteiger partial charge in [0.1, 0.15) is 5.54 Å². The van der Waals surface area contributed by atoms with Gasteiger partial charge in [-0.2, -0.15) is 0 Å². The Labute approximate surface area is 140 Å². The number of amides is 4. The fraction of sp³-hybridized carbons (Fsp3) is 0.471. The number of nitrogens with two attached hydrogens (primary N) is 1. The second kappa shape index (κ2) is 5.90. The van der Waals surface area contributed by atoms with Gasteiger partial charge in [-0.3, -0.25) is 19.4 Å². The molecule has 2 aliphatic heterocycles. The van der Waals surface area contributed by atoms with Crippen molar-refractivity contribution in [2.75, 3.05) is 13.1 Å². The molecule has 4 amide bonds. The summed E-state index contributed by atoms with van der Waals surface area (Å²) in [6, 6.07) is 7.12. The Balaban J connectivity index is 1.73. The van der Waals surface area contributed by atoms with Gasteiger partial charge in [-0.15, -0.1) is 0 Å². The molecule has 0 radical (unpaired) electrons. The van der Waals surface area contributed by atoms with Crippen molar-refractivity contribution in [2.24, 2.45) is 5.73 Å². The molecule has 1 saturated heterocycles. The number of urea groups is 1. The van der Waals surface area contributed by atoms with E-state index in [0.29, 0.717) is 19.5 Å². The van der Waals surface area contributed by atoms with Crippen LogP contribution in [0.15, 0.2) is 24.3 Å². The Hall–Kier alpha value is -2.41. The molecule has 1 aromatic carbocycles. The highest BCUT2D eigenvalue weighted by Crippen LogP contribution is 2.24. The molecule has 0 unspecified atom stereocenters. The SMILES string of the molecule is CC1(C)NC(=O)N(CCN2Cc3ccccc3C[C@H]2C(N)=O)C1=O.